The van der Waals surface area contributed by atoms with E-state index in [2.05, 4.69) is 5.32 Å². The summed E-state index contributed by atoms with van der Waals surface area (Å²) < 4.78 is 1.04. The van der Waals surface area contributed by atoms with Gasteiger partial charge in [0.1, 0.15) is 5.82 Å². The predicted molar refractivity (Wildman–Crippen MR) is 102 cm³/mol. The summed E-state index contributed by atoms with van der Waals surface area (Å²) >= 11 is 0. The average molecular weight is 385 g/mol. The fourth-order valence-electron chi connectivity index (χ4n) is 3.77. The van der Waals surface area contributed by atoms with Gasteiger partial charge in [-0.05, 0) is 18.2 Å². The number of amides is 2. The molecule has 140 valence electrons. The molecule has 0 spiro atoms. The van der Waals surface area contributed by atoms with Crippen LogP contribution in [0.2, 0.25) is 0 Å². The highest BCUT2D eigenvalue weighted by atomic mass is 16.2. The van der Waals surface area contributed by atoms with Crippen molar-refractivity contribution in [2.45, 2.75) is 0 Å². The highest BCUT2D eigenvalue weighted by Gasteiger charge is 2.33. The van der Waals surface area contributed by atoms with Crippen LogP contribution in [0.4, 0.5) is 5.82 Å². The second-order valence-electron chi connectivity index (χ2n) is 6.71. The molecule has 5 rings (SSSR count). The first-order chi connectivity index (χ1) is 13.9. The Kier molecular flexibility index (Phi) is 3.24. The third kappa shape index (κ3) is 2.16. The Morgan fingerprint density at radius 1 is 0.690 bits per heavy atom. The number of hydrogen-bond acceptors (Lipinski definition) is 6. The van der Waals surface area contributed by atoms with Gasteiger partial charge < -0.3 is 5.73 Å². The van der Waals surface area contributed by atoms with E-state index in [0.29, 0.717) is 5.56 Å². The number of pyridine rings is 1. The molecule has 2 amide bonds. The first-order valence-corrected chi connectivity index (χ1v) is 8.62. The monoisotopic (exact) mass is 385 g/mol. The lowest BCUT2D eigenvalue weighted by Gasteiger charge is -2.19. The standard InChI is InChI=1S/C21H11N3O5/c22-19-16-14(20(28)23-21(16)29)8-15(25)24(19)9-5-6-12-13(7-9)18(27)11-4-2-1-3-10(11)17(12)26/h1-8H,22H2,(H,23,28,29). The van der Waals surface area contributed by atoms with Gasteiger partial charge in [0.25, 0.3) is 17.4 Å². The second kappa shape index (κ2) is 5.59. The zero-order valence-electron chi connectivity index (χ0n) is 14.7. The van der Waals surface area contributed by atoms with Crippen LogP contribution in [0.3, 0.4) is 0 Å². The van der Waals surface area contributed by atoms with E-state index in [9.17, 15) is 24.0 Å². The van der Waals surface area contributed by atoms with Gasteiger partial charge in [0.05, 0.1) is 16.8 Å². The molecule has 1 aliphatic carbocycles. The largest absolute Gasteiger partial charge is 0.384 e. The predicted octanol–water partition coefficient (Wildman–Crippen LogP) is 1.08. The topological polar surface area (TPSA) is 128 Å². The van der Waals surface area contributed by atoms with Crippen molar-refractivity contribution in [1.29, 1.82) is 0 Å². The summed E-state index contributed by atoms with van der Waals surface area (Å²) in [5.74, 6) is -2.25. The van der Waals surface area contributed by atoms with E-state index in [-0.39, 0.29) is 50.9 Å². The molecular weight excluding hydrogens is 374 g/mol. The van der Waals surface area contributed by atoms with Crippen LogP contribution >= 0.6 is 0 Å². The molecule has 3 aromatic rings. The number of anilines is 1. The maximum absolute atomic E-state index is 12.9. The second-order valence-corrected chi connectivity index (χ2v) is 6.71. The highest BCUT2D eigenvalue weighted by molar-refractivity contribution is 6.28. The van der Waals surface area contributed by atoms with Crippen molar-refractivity contribution in [3.63, 3.8) is 0 Å². The van der Waals surface area contributed by atoms with Crippen molar-refractivity contribution in [2.75, 3.05) is 5.73 Å². The Labute approximate surface area is 162 Å². The average Bonchev–Trinajstić information content (AvgIpc) is 2.99. The molecule has 1 aliphatic heterocycles. The van der Waals surface area contributed by atoms with Gasteiger partial charge in [-0.3, -0.25) is 33.9 Å². The van der Waals surface area contributed by atoms with Gasteiger partial charge in [-0.15, -0.1) is 0 Å². The normalized spacial score (nSPS) is 14.3. The van der Waals surface area contributed by atoms with Gasteiger partial charge in [-0.1, -0.05) is 24.3 Å². The van der Waals surface area contributed by atoms with Crippen LogP contribution in [0.1, 0.15) is 52.6 Å². The summed E-state index contributed by atoms with van der Waals surface area (Å²) in [5.41, 5.74) is 6.38. The third-order valence-corrected chi connectivity index (χ3v) is 5.12. The van der Waals surface area contributed by atoms with Gasteiger partial charge in [0.2, 0.25) is 0 Å². The Morgan fingerprint density at radius 2 is 1.31 bits per heavy atom. The lowest BCUT2D eigenvalue weighted by atomic mass is 9.84. The van der Waals surface area contributed by atoms with Gasteiger partial charge in [-0.25, -0.2) is 0 Å². The minimum atomic E-state index is -0.700. The van der Waals surface area contributed by atoms with Crippen molar-refractivity contribution in [2.24, 2.45) is 0 Å². The maximum atomic E-state index is 12.9. The van der Waals surface area contributed by atoms with Crippen LogP contribution in [-0.4, -0.2) is 27.9 Å². The summed E-state index contributed by atoms with van der Waals surface area (Å²) in [4.78, 5) is 62.1. The Morgan fingerprint density at radius 3 is 2.00 bits per heavy atom. The highest BCUT2D eigenvalue weighted by Crippen LogP contribution is 2.30. The number of aromatic nitrogens is 1. The molecule has 0 bridgehead atoms. The molecule has 0 radical (unpaired) electrons. The molecule has 1 aromatic heterocycles. The zero-order chi connectivity index (χ0) is 20.4. The molecule has 0 saturated heterocycles. The van der Waals surface area contributed by atoms with Gasteiger partial charge in [0.15, 0.2) is 11.6 Å². The van der Waals surface area contributed by atoms with E-state index in [1.54, 1.807) is 24.3 Å². The lowest BCUT2D eigenvalue weighted by molar-refractivity contribution is 0.0878. The summed E-state index contributed by atoms with van der Waals surface area (Å²) in [6.07, 6.45) is 0. The Balaban J connectivity index is 1.74. The van der Waals surface area contributed by atoms with E-state index < -0.39 is 17.4 Å². The van der Waals surface area contributed by atoms with Crippen LogP contribution in [0.25, 0.3) is 5.69 Å². The fraction of sp³-hybridized carbons (Fsp3) is 0. The summed E-state index contributed by atoms with van der Waals surface area (Å²) in [6.45, 7) is 0. The molecule has 29 heavy (non-hydrogen) atoms. The smallest absolute Gasteiger partial charge is 0.262 e. The van der Waals surface area contributed by atoms with Crippen molar-refractivity contribution < 1.29 is 19.2 Å². The van der Waals surface area contributed by atoms with E-state index in [4.69, 9.17) is 5.73 Å². The first-order valence-electron chi connectivity index (χ1n) is 8.62. The zero-order valence-corrected chi connectivity index (χ0v) is 14.7. The van der Waals surface area contributed by atoms with Crippen molar-refractivity contribution >= 4 is 29.2 Å². The van der Waals surface area contributed by atoms with Gasteiger partial charge in [-0.2, -0.15) is 0 Å². The van der Waals surface area contributed by atoms with E-state index in [1.807, 2.05) is 0 Å². The molecule has 8 heteroatoms. The molecule has 0 atom stereocenters. The number of fused-ring (bicyclic) bond motifs is 3. The van der Waals surface area contributed by atoms with E-state index in [1.165, 1.54) is 18.2 Å². The van der Waals surface area contributed by atoms with Crippen LogP contribution in [0.15, 0.2) is 53.3 Å². The van der Waals surface area contributed by atoms with Crippen LogP contribution in [0, 0.1) is 0 Å². The molecule has 0 unspecified atom stereocenters. The molecule has 0 saturated carbocycles. The van der Waals surface area contributed by atoms with Crippen LogP contribution < -0.4 is 16.6 Å². The SMILES string of the molecule is Nc1c2c(cc(=O)n1-c1ccc3c(c1)C(=O)c1ccccc1C3=O)C(=O)NC2=O. The molecule has 2 heterocycles. The summed E-state index contributed by atoms with van der Waals surface area (Å²) in [5, 5.41) is 2.09. The molecule has 3 N–H and O–H groups in total. The van der Waals surface area contributed by atoms with Crippen LogP contribution in [-0.2, 0) is 0 Å². The number of hydrogen-bond donors (Lipinski definition) is 2. The number of nitrogens with two attached hydrogens (primary N) is 1. The quantitative estimate of drug-likeness (QED) is 0.472. The number of ketones is 2. The van der Waals surface area contributed by atoms with Crippen molar-refractivity contribution in [3.05, 3.63) is 92.3 Å². The maximum Gasteiger partial charge on any atom is 0.262 e. The minimum absolute atomic E-state index is 0.0908. The Bertz CT molecular complexity index is 1380. The molecule has 8 nitrogen and oxygen atoms in total. The number of rotatable bonds is 1. The lowest BCUT2D eigenvalue weighted by Crippen LogP contribution is -2.25. The number of carbonyl (C=O) groups is 4. The number of benzene rings is 2. The summed E-state index contributed by atoms with van der Waals surface area (Å²) in [6, 6.07) is 11.8. The number of nitrogen functional groups attached to an aromatic ring is 1. The first kappa shape index (κ1) is 16.8. The number of imide groups is 1. The van der Waals surface area contributed by atoms with Gasteiger partial charge in [0, 0.05) is 28.3 Å². The number of nitrogens with zero attached hydrogens (tertiary/aromatic N) is 1. The Hall–Kier alpha value is -4.33. The van der Waals surface area contributed by atoms with Crippen molar-refractivity contribution in [3.8, 4) is 5.69 Å². The summed E-state index contributed by atoms with van der Waals surface area (Å²) in [7, 11) is 0. The fourth-order valence-corrected chi connectivity index (χ4v) is 3.77. The number of carbonyl (C=O) groups excluding carboxylic acids is 4. The number of nitrogens with one attached hydrogen (secondary N) is 1. The third-order valence-electron chi connectivity index (χ3n) is 5.12. The van der Waals surface area contributed by atoms with Crippen molar-refractivity contribution in [1.82, 2.24) is 9.88 Å². The van der Waals surface area contributed by atoms with E-state index in [0.717, 1.165) is 10.6 Å². The van der Waals surface area contributed by atoms with E-state index >= 15 is 0 Å². The molecule has 0 fully saturated rings. The molecular formula is C21H11N3O5. The molecule has 2 aromatic carbocycles. The van der Waals surface area contributed by atoms with Gasteiger partial charge >= 0.3 is 0 Å². The van der Waals surface area contributed by atoms with Crippen LogP contribution in [0.5, 0.6) is 0 Å². The molecule has 2 aliphatic rings. The minimum Gasteiger partial charge on any atom is -0.384 e.